The topological polar surface area (TPSA) is 27.6 Å². The van der Waals surface area contributed by atoms with E-state index < -0.39 is 11.7 Å². The van der Waals surface area contributed by atoms with Crippen LogP contribution in [0.4, 0.5) is 24.5 Å². The number of benzene rings is 3. The summed E-state index contributed by atoms with van der Waals surface area (Å²) in [4.78, 5) is 0. The van der Waals surface area contributed by atoms with Crippen molar-refractivity contribution in [1.82, 2.24) is 0 Å². The van der Waals surface area contributed by atoms with Gasteiger partial charge in [0.2, 0.25) is 0 Å². The zero-order chi connectivity index (χ0) is 20.4. The average Bonchev–Trinajstić information content (AvgIpc) is 2.73. The molecule has 29 heavy (non-hydrogen) atoms. The molecule has 6 heteroatoms. The molecule has 0 unspecified atom stereocenters. The number of hydrazone groups is 1. The molecule has 3 aromatic rings. The first kappa shape index (κ1) is 19.1. The Morgan fingerprint density at radius 3 is 2.45 bits per heavy atom. The molecular weight excluding hydrogens is 375 g/mol. The summed E-state index contributed by atoms with van der Waals surface area (Å²) in [6.45, 7) is 3.34. The highest BCUT2D eigenvalue weighted by atomic mass is 19.4. The summed E-state index contributed by atoms with van der Waals surface area (Å²) in [5, 5.41) is 9.84. The van der Waals surface area contributed by atoms with Gasteiger partial charge in [0.1, 0.15) is 0 Å². The fourth-order valence-electron chi connectivity index (χ4n) is 3.43. The van der Waals surface area contributed by atoms with Crippen LogP contribution < -0.4 is 10.3 Å². The van der Waals surface area contributed by atoms with Crippen LogP contribution in [0.3, 0.4) is 0 Å². The van der Waals surface area contributed by atoms with Crippen LogP contribution >= 0.6 is 0 Å². The third kappa shape index (κ3) is 3.97. The van der Waals surface area contributed by atoms with Gasteiger partial charge >= 0.3 is 6.18 Å². The van der Waals surface area contributed by atoms with Crippen molar-refractivity contribution >= 4 is 17.1 Å². The Hall–Kier alpha value is -3.28. The summed E-state index contributed by atoms with van der Waals surface area (Å²) in [6, 6.07) is 21.1. The van der Waals surface area contributed by atoms with E-state index in [2.05, 4.69) is 5.32 Å². The number of alkyl halides is 3. The number of hydrogen-bond acceptors (Lipinski definition) is 3. The lowest BCUT2D eigenvalue weighted by atomic mass is 9.95. The third-order valence-electron chi connectivity index (χ3n) is 4.82. The van der Waals surface area contributed by atoms with Gasteiger partial charge in [-0.05, 0) is 48.9 Å². The highest BCUT2D eigenvalue weighted by molar-refractivity contribution is 6.15. The molecule has 0 aliphatic carbocycles. The first-order valence-electron chi connectivity index (χ1n) is 9.41. The Morgan fingerprint density at radius 1 is 0.966 bits per heavy atom. The molecule has 0 saturated carbocycles. The molecular formula is C23H20F3N3. The molecule has 148 valence electrons. The minimum Gasteiger partial charge on any atom is -0.385 e. The zero-order valence-corrected chi connectivity index (χ0v) is 15.9. The van der Waals surface area contributed by atoms with Gasteiger partial charge in [-0.2, -0.15) is 18.3 Å². The maximum absolute atomic E-state index is 12.9. The predicted molar refractivity (Wildman–Crippen MR) is 110 cm³/mol. The molecule has 1 heterocycles. The smallest absolute Gasteiger partial charge is 0.385 e. The number of nitrogens with zero attached hydrogens (tertiary/aromatic N) is 2. The number of hydrogen-bond donors (Lipinski definition) is 1. The molecule has 0 fully saturated rings. The van der Waals surface area contributed by atoms with E-state index in [4.69, 9.17) is 5.10 Å². The predicted octanol–water partition coefficient (Wildman–Crippen LogP) is 5.91. The number of halogens is 3. The van der Waals surface area contributed by atoms with Crippen molar-refractivity contribution in [3.63, 3.8) is 0 Å². The van der Waals surface area contributed by atoms with Crippen LogP contribution in [0.25, 0.3) is 0 Å². The van der Waals surface area contributed by atoms with Crippen LogP contribution in [0.15, 0.2) is 77.9 Å². The molecule has 0 radical (unpaired) electrons. The molecule has 0 bridgehead atoms. The fraction of sp³-hybridized carbons (Fsp3) is 0.174. The summed E-state index contributed by atoms with van der Waals surface area (Å²) in [6.07, 6.45) is -4.35. The van der Waals surface area contributed by atoms with Gasteiger partial charge in [-0.25, -0.2) is 0 Å². The second kappa shape index (κ2) is 7.62. The Bertz CT molecular complexity index is 1040. The third-order valence-corrected chi connectivity index (χ3v) is 4.82. The van der Waals surface area contributed by atoms with Crippen molar-refractivity contribution in [3.05, 3.63) is 95.1 Å². The average molecular weight is 395 g/mol. The van der Waals surface area contributed by atoms with E-state index in [0.29, 0.717) is 12.2 Å². The first-order chi connectivity index (χ1) is 14.0. The monoisotopic (exact) mass is 395 g/mol. The Morgan fingerprint density at radius 2 is 1.72 bits per heavy atom. The Labute approximate surface area is 167 Å². The molecule has 0 saturated heterocycles. The molecule has 4 rings (SSSR count). The second-order valence-electron chi connectivity index (χ2n) is 6.82. The van der Waals surface area contributed by atoms with Crippen LogP contribution in [0, 0.1) is 0 Å². The highest BCUT2D eigenvalue weighted by Crippen LogP contribution is 2.32. The van der Waals surface area contributed by atoms with E-state index in [1.54, 1.807) is 5.01 Å². The minimum atomic E-state index is -4.35. The number of fused-ring (bicyclic) bond motifs is 1. The second-order valence-corrected chi connectivity index (χ2v) is 6.82. The molecule has 3 aromatic carbocycles. The first-order valence-corrected chi connectivity index (χ1v) is 9.41. The van der Waals surface area contributed by atoms with Gasteiger partial charge < -0.3 is 5.32 Å². The molecule has 0 aromatic heterocycles. The van der Waals surface area contributed by atoms with Gasteiger partial charge in [-0.3, -0.25) is 5.01 Å². The van der Waals surface area contributed by atoms with Crippen LogP contribution in [0.1, 0.15) is 29.2 Å². The molecule has 3 nitrogen and oxygen atoms in total. The summed E-state index contributed by atoms with van der Waals surface area (Å²) in [7, 11) is 0. The zero-order valence-electron chi connectivity index (χ0n) is 15.9. The van der Waals surface area contributed by atoms with Crippen molar-refractivity contribution in [1.29, 1.82) is 0 Å². The molecule has 0 atom stereocenters. The SMILES string of the molecule is CCNc1cccc(C2=NN(c3ccc(C(F)(F)F)cc3)Cc3ccccc32)c1. The van der Waals surface area contributed by atoms with Gasteiger partial charge in [0.05, 0.1) is 23.5 Å². The van der Waals surface area contributed by atoms with E-state index >= 15 is 0 Å². The van der Waals surface area contributed by atoms with Gasteiger partial charge in [0.25, 0.3) is 0 Å². The van der Waals surface area contributed by atoms with E-state index in [0.717, 1.165) is 46.8 Å². The number of rotatable bonds is 4. The highest BCUT2D eigenvalue weighted by Gasteiger charge is 2.30. The van der Waals surface area contributed by atoms with Crippen molar-refractivity contribution in [2.24, 2.45) is 5.10 Å². The lowest BCUT2D eigenvalue weighted by molar-refractivity contribution is -0.137. The normalized spacial score (nSPS) is 13.7. The van der Waals surface area contributed by atoms with Gasteiger partial charge in [-0.1, -0.05) is 36.4 Å². The minimum absolute atomic E-state index is 0.498. The van der Waals surface area contributed by atoms with E-state index in [-0.39, 0.29) is 0 Å². The Kier molecular flexibility index (Phi) is 5.01. The summed E-state index contributed by atoms with van der Waals surface area (Å²) < 4.78 is 38.7. The lowest BCUT2D eigenvalue weighted by Gasteiger charge is -2.28. The lowest BCUT2D eigenvalue weighted by Crippen LogP contribution is -2.26. The van der Waals surface area contributed by atoms with Crippen molar-refractivity contribution in [2.75, 3.05) is 16.9 Å². The van der Waals surface area contributed by atoms with Crippen molar-refractivity contribution in [3.8, 4) is 0 Å². The summed E-state index contributed by atoms with van der Waals surface area (Å²) >= 11 is 0. The van der Waals surface area contributed by atoms with Crippen LogP contribution in [0.2, 0.25) is 0 Å². The van der Waals surface area contributed by atoms with Gasteiger partial charge in [0.15, 0.2) is 0 Å². The van der Waals surface area contributed by atoms with Gasteiger partial charge in [-0.15, -0.1) is 0 Å². The molecule has 1 N–H and O–H groups in total. The van der Waals surface area contributed by atoms with Crippen LogP contribution in [-0.2, 0) is 12.7 Å². The number of anilines is 2. The molecule has 0 amide bonds. The maximum Gasteiger partial charge on any atom is 0.416 e. The van der Waals surface area contributed by atoms with Crippen LogP contribution in [0.5, 0.6) is 0 Å². The maximum atomic E-state index is 12.9. The molecule has 0 spiro atoms. The summed E-state index contributed by atoms with van der Waals surface area (Å²) in [5.74, 6) is 0. The van der Waals surface area contributed by atoms with E-state index in [1.165, 1.54) is 12.1 Å². The molecule has 1 aliphatic heterocycles. The Balaban J connectivity index is 1.76. The van der Waals surface area contributed by atoms with E-state index in [9.17, 15) is 13.2 Å². The largest absolute Gasteiger partial charge is 0.416 e. The quantitative estimate of drug-likeness (QED) is 0.595. The van der Waals surface area contributed by atoms with Crippen LogP contribution in [-0.4, -0.2) is 12.3 Å². The standard InChI is InChI=1S/C23H20F3N3/c1-2-27-19-8-5-7-16(14-19)22-21-9-4-3-6-17(21)15-29(28-22)20-12-10-18(11-13-20)23(24,25)26/h3-14,27H,2,15H2,1H3. The van der Waals surface area contributed by atoms with E-state index in [1.807, 2.05) is 55.5 Å². The summed E-state index contributed by atoms with van der Waals surface area (Å²) in [5.41, 5.74) is 4.81. The van der Waals surface area contributed by atoms with Crippen molar-refractivity contribution < 1.29 is 13.2 Å². The molecule has 1 aliphatic rings. The van der Waals surface area contributed by atoms with Crippen molar-refractivity contribution in [2.45, 2.75) is 19.6 Å². The fourth-order valence-corrected chi connectivity index (χ4v) is 3.43. The van der Waals surface area contributed by atoms with Gasteiger partial charge in [0, 0.05) is 23.4 Å². The number of nitrogens with one attached hydrogen (secondary N) is 1.